The third-order valence-corrected chi connectivity index (χ3v) is 3.86. The van der Waals surface area contributed by atoms with Crippen molar-refractivity contribution in [1.82, 2.24) is 5.32 Å². The van der Waals surface area contributed by atoms with E-state index in [2.05, 4.69) is 44.3 Å². The van der Waals surface area contributed by atoms with Crippen molar-refractivity contribution in [3.63, 3.8) is 0 Å². The minimum absolute atomic E-state index is 0.676. The number of hydrogen-bond donors (Lipinski definition) is 1. The van der Waals surface area contributed by atoms with E-state index in [-0.39, 0.29) is 0 Å². The predicted molar refractivity (Wildman–Crippen MR) is 74.4 cm³/mol. The highest BCUT2D eigenvalue weighted by molar-refractivity contribution is 5.30. The Kier molecular flexibility index (Phi) is 4.22. The quantitative estimate of drug-likeness (QED) is 0.788. The molecule has 0 radical (unpaired) electrons. The van der Waals surface area contributed by atoms with Gasteiger partial charge in [0, 0.05) is 6.04 Å². The maximum atomic E-state index is 3.64. The number of rotatable bonds is 6. The van der Waals surface area contributed by atoms with Crippen molar-refractivity contribution < 1.29 is 0 Å². The van der Waals surface area contributed by atoms with Gasteiger partial charge in [-0.05, 0) is 55.8 Å². The van der Waals surface area contributed by atoms with Crippen LogP contribution in [-0.2, 0) is 6.42 Å². The van der Waals surface area contributed by atoms with Gasteiger partial charge < -0.3 is 5.32 Å². The second kappa shape index (κ2) is 5.68. The molecular weight excluding hydrogens is 206 g/mol. The van der Waals surface area contributed by atoms with Crippen molar-refractivity contribution in [3.05, 3.63) is 34.9 Å². The Labute approximate surface area is 106 Å². The third kappa shape index (κ3) is 3.85. The molecule has 0 heterocycles. The van der Waals surface area contributed by atoms with Crippen LogP contribution in [-0.4, -0.2) is 12.6 Å². The fourth-order valence-corrected chi connectivity index (χ4v) is 2.50. The smallest absolute Gasteiger partial charge is 0.0110 e. The largest absolute Gasteiger partial charge is 0.314 e. The van der Waals surface area contributed by atoms with Gasteiger partial charge in [-0.2, -0.15) is 0 Å². The van der Waals surface area contributed by atoms with Crippen molar-refractivity contribution in [3.8, 4) is 0 Å². The van der Waals surface area contributed by atoms with E-state index in [4.69, 9.17) is 0 Å². The second-order valence-electron chi connectivity index (χ2n) is 5.56. The zero-order chi connectivity index (χ0) is 12.3. The van der Waals surface area contributed by atoms with E-state index >= 15 is 0 Å². The average molecular weight is 231 g/mol. The summed E-state index contributed by atoms with van der Waals surface area (Å²) in [5.74, 6) is 1.01. The molecule has 2 rings (SSSR count). The van der Waals surface area contributed by atoms with Gasteiger partial charge in [0.15, 0.2) is 0 Å². The lowest BCUT2D eigenvalue weighted by Crippen LogP contribution is -2.31. The minimum Gasteiger partial charge on any atom is -0.314 e. The van der Waals surface area contributed by atoms with E-state index in [1.54, 1.807) is 0 Å². The van der Waals surface area contributed by atoms with Crippen molar-refractivity contribution in [2.75, 3.05) is 6.54 Å². The summed E-state index contributed by atoms with van der Waals surface area (Å²) in [7, 11) is 0. The molecule has 0 amide bonds. The molecule has 94 valence electrons. The summed E-state index contributed by atoms with van der Waals surface area (Å²) < 4.78 is 0. The zero-order valence-electron chi connectivity index (χ0n) is 11.4. The summed E-state index contributed by atoms with van der Waals surface area (Å²) in [5, 5.41) is 3.64. The Morgan fingerprint density at radius 1 is 1.24 bits per heavy atom. The van der Waals surface area contributed by atoms with E-state index in [1.807, 2.05) is 0 Å². The van der Waals surface area contributed by atoms with Crippen LogP contribution in [0.1, 0.15) is 42.9 Å². The summed E-state index contributed by atoms with van der Waals surface area (Å²) in [5.41, 5.74) is 4.31. The van der Waals surface area contributed by atoms with Crippen LogP contribution in [0.3, 0.4) is 0 Å². The van der Waals surface area contributed by atoms with E-state index in [1.165, 1.54) is 42.4 Å². The van der Waals surface area contributed by atoms with Gasteiger partial charge >= 0.3 is 0 Å². The van der Waals surface area contributed by atoms with Crippen LogP contribution in [0.4, 0.5) is 0 Å². The standard InChI is InChI=1S/C16H25N/c1-4-17-16(10-14-7-8-14)11-15-6-5-12(2)13(3)9-15/h5-6,9,14,16-17H,4,7-8,10-11H2,1-3H3. The summed E-state index contributed by atoms with van der Waals surface area (Å²) in [6.07, 6.45) is 5.45. The molecule has 0 aliphatic heterocycles. The molecule has 0 aromatic heterocycles. The van der Waals surface area contributed by atoms with Crippen molar-refractivity contribution >= 4 is 0 Å². The first-order valence-corrected chi connectivity index (χ1v) is 6.98. The third-order valence-electron chi connectivity index (χ3n) is 3.86. The molecule has 17 heavy (non-hydrogen) atoms. The van der Waals surface area contributed by atoms with Crippen molar-refractivity contribution in [1.29, 1.82) is 0 Å². The SMILES string of the molecule is CCNC(Cc1ccc(C)c(C)c1)CC1CC1. The van der Waals surface area contributed by atoms with Crippen LogP contribution in [0.2, 0.25) is 0 Å². The number of likely N-dealkylation sites (N-methyl/N-ethyl adjacent to an activating group) is 1. The highest BCUT2D eigenvalue weighted by atomic mass is 14.9. The molecule has 0 saturated heterocycles. The highest BCUT2D eigenvalue weighted by Crippen LogP contribution is 2.34. The molecule has 1 atom stereocenters. The van der Waals surface area contributed by atoms with E-state index in [0.717, 1.165) is 12.5 Å². The van der Waals surface area contributed by atoms with Gasteiger partial charge in [0.05, 0.1) is 0 Å². The maximum absolute atomic E-state index is 3.64. The monoisotopic (exact) mass is 231 g/mol. The molecule has 1 unspecified atom stereocenters. The number of benzene rings is 1. The molecule has 1 aromatic rings. The normalized spacial score (nSPS) is 17.1. The van der Waals surface area contributed by atoms with Gasteiger partial charge in [-0.3, -0.25) is 0 Å². The molecule has 1 N–H and O–H groups in total. The lowest BCUT2D eigenvalue weighted by molar-refractivity contribution is 0.466. The summed E-state index contributed by atoms with van der Waals surface area (Å²) in [6.45, 7) is 7.69. The molecule has 1 fully saturated rings. The Balaban J connectivity index is 1.97. The zero-order valence-corrected chi connectivity index (χ0v) is 11.4. The molecule has 1 aromatic carbocycles. The number of aryl methyl sites for hydroxylation is 2. The van der Waals surface area contributed by atoms with Gasteiger partial charge in [-0.1, -0.05) is 38.0 Å². The topological polar surface area (TPSA) is 12.0 Å². The molecule has 1 aliphatic rings. The predicted octanol–water partition coefficient (Wildman–Crippen LogP) is 3.62. The molecular formula is C16H25N. The highest BCUT2D eigenvalue weighted by Gasteiger charge is 2.25. The number of hydrogen-bond acceptors (Lipinski definition) is 1. The molecule has 1 saturated carbocycles. The molecule has 1 heteroatoms. The first kappa shape index (κ1) is 12.6. The Bertz CT molecular complexity index is 366. The summed E-state index contributed by atoms with van der Waals surface area (Å²) in [6, 6.07) is 7.58. The summed E-state index contributed by atoms with van der Waals surface area (Å²) >= 11 is 0. The van der Waals surface area contributed by atoms with E-state index < -0.39 is 0 Å². The minimum atomic E-state index is 0.676. The first-order valence-electron chi connectivity index (χ1n) is 6.98. The van der Waals surface area contributed by atoms with Crippen LogP contribution in [0.15, 0.2) is 18.2 Å². The lowest BCUT2D eigenvalue weighted by atomic mass is 9.98. The summed E-state index contributed by atoms with van der Waals surface area (Å²) in [4.78, 5) is 0. The van der Waals surface area contributed by atoms with Crippen molar-refractivity contribution in [2.24, 2.45) is 5.92 Å². The van der Waals surface area contributed by atoms with Gasteiger partial charge in [-0.15, -0.1) is 0 Å². The second-order valence-corrected chi connectivity index (χ2v) is 5.56. The van der Waals surface area contributed by atoms with Gasteiger partial charge in [-0.25, -0.2) is 0 Å². The molecule has 1 aliphatic carbocycles. The van der Waals surface area contributed by atoms with Crippen LogP contribution >= 0.6 is 0 Å². The van der Waals surface area contributed by atoms with E-state index in [9.17, 15) is 0 Å². The Hall–Kier alpha value is -0.820. The fourth-order valence-electron chi connectivity index (χ4n) is 2.50. The maximum Gasteiger partial charge on any atom is 0.0110 e. The molecule has 1 nitrogen and oxygen atoms in total. The van der Waals surface area contributed by atoms with Crippen LogP contribution in [0, 0.1) is 19.8 Å². The lowest BCUT2D eigenvalue weighted by Gasteiger charge is -2.18. The Morgan fingerprint density at radius 3 is 2.59 bits per heavy atom. The van der Waals surface area contributed by atoms with Crippen LogP contribution < -0.4 is 5.32 Å². The average Bonchev–Trinajstić information content (AvgIpc) is 3.08. The molecule has 0 spiro atoms. The van der Waals surface area contributed by atoms with Crippen LogP contribution in [0.5, 0.6) is 0 Å². The van der Waals surface area contributed by atoms with Gasteiger partial charge in [0.25, 0.3) is 0 Å². The van der Waals surface area contributed by atoms with E-state index in [0.29, 0.717) is 6.04 Å². The fraction of sp³-hybridized carbons (Fsp3) is 0.625. The van der Waals surface area contributed by atoms with Crippen LogP contribution in [0.25, 0.3) is 0 Å². The van der Waals surface area contributed by atoms with Crippen molar-refractivity contribution in [2.45, 2.75) is 52.5 Å². The van der Waals surface area contributed by atoms with Gasteiger partial charge in [0.1, 0.15) is 0 Å². The first-order chi connectivity index (χ1) is 8.19. The Morgan fingerprint density at radius 2 is 2.00 bits per heavy atom. The molecule has 0 bridgehead atoms. The number of nitrogens with one attached hydrogen (secondary N) is 1. The van der Waals surface area contributed by atoms with Gasteiger partial charge in [0.2, 0.25) is 0 Å².